The van der Waals surface area contributed by atoms with Crippen LogP contribution in [0, 0.1) is 6.92 Å². The van der Waals surface area contributed by atoms with Crippen molar-refractivity contribution >= 4 is 35.0 Å². The van der Waals surface area contributed by atoms with Gasteiger partial charge in [0.1, 0.15) is 5.75 Å². The van der Waals surface area contributed by atoms with E-state index in [0.717, 1.165) is 27.7 Å². The number of carbonyl (C=O) groups excluding carboxylic acids is 1. The van der Waals surface area contributed by atoms with Gasteiger partial charge in [-0.15, -0.1) is 0 Å². The van der Waals surface area contributed by atoms with Crippen LogP contribution in [0.3, 0.4) is 0 Å². The van der Waals surface area contributed by atoms with Gasteiger partial charge < -0.3 is 14.6 Å². The maximum Gasteiger partial charge on any atom is 0.234 e. The number of methoxy groups -OCH3 is 1. The van der Waals surface area contributed by atoms with E-state index in [1.807, 2.05) is 61.1 Å². The van der Waals surface area contributed by atoms with Crippen LogP contribution in [0.25, 0.3) is 11.3 Å². The number of hydrogen-bond acceptors (Lipinski definition) is 4. The number of rotatable bonds is 6. The molecule has 0 aliphatic heterocycles. The zero-order valence-corrected chi connectivity index (χ0v) is 16.9. The molecule has 0 atom stereocenters. The molecule has 1 heterocycles. The smallest absolute Gasteiger partial charge is 0.234 e. The number of halogens is 1. The maximum absolute atomic E-state index is 12.2. The fourth-order valence-corrected chi connectivity index (χ4v) is 3.49. The number of thioether (sulfide) groups is 1. The Labute approximate surface area is 167 Å². The van der Waals surface area contributed by atoms with Gasteiger partial charge in [0.15, 0.2) is 5.16 Å². The van der Waals surface area contributed by atoms with Crippen LogP contribution < -0.4 is 10.1 Å². The lowest BCUT2D eigenvalue weighted by Crippen LogP contribution is -2.14. The topological polar surface area (TPSA) is 56.1 Å². The number of nitrogens with one attached hydrogen (secondary N) is 1. The molecule has 1 aromatic heterocycles. The highest BCUT2D eigenvalue weighted by atomic mass is 35.5. The van der Waals surface area contributed by atoms with Crippen molar-refractivity contribution in [3.05, 3.63) is 59.2 Å². The number of anilines is 1. The van der Waals surface area contributed by atoms with E-state index in [2.05, 4.69) is 10.3 Å². The normalized spacial score (nSPS) is 10.7. The second kappa shape index (κ2) is 8.50. The van der Waals surface area contributed by atoms with Gasteiger partial charge in [0.05, 0.1) is 24.8 Å². The number of aryl methyl sites for hydroxylation is 1. The van der Waals surface area contributed by atoms with Crippen molar-refractivity contribution in [2.45, 2.75) is 12.1 Å². The summed E-state index contributed by atoms with van der Waals surface area (Å²) in [7, 11) is 3.58. The molecule has 0 bridgehead atoms. The molecule has 140 valence electrons. The van der Waals surface area contributed by atoms with Crippen molar-refractivity contribution in [1.29, 1.82) is 0 Å². The average Bonchev–Trinajstić information content (AvgIpc) is 3.03. The fraction of sp³-hybridized carbons (Fsp3) is 0.200. The molecule has 0 aliphatic rings. The van der Waals surface area contributed by atoms with Gasteiger partial charge in [0, 0.05) is 23.3 Å². The third-order valence-electron chi connectivity index (χ3n) is 4.12. The number of amides is 1. The van der Waals surface area contributed by atoms with E-state index in [1.54, 1.807) is 13.2 Å². The van der Waals surface area contributed by atoms with Gasteiger partial charge in [-0.2, -0.15) is 0 Å². The summed E-state index contributed by atoms with van der Waals surface area (Å²) in [6, 6.07) is 13.3. The van der Waals surface area contributed by atoms with E-state index in [0.29, 0.717) is 10.7 Å². The third kappa shape index (κ3) is 4.64. The predicted octanol–water partition coefficient (Wildman–Crippen LogP) is 4.79. The lowest BCUT2D eigenvalue weighted by atomic mass is 10.1. The average molecular weight is 402 g/mol. The van der Waals surface area contributed by atoms with Crippen molar-refractivity contribution in [1.82, 2.24) is 9.55 Å². The Morgan fingerprint density at radius 3 is 2.67 bits per heavy atom. The molecule has 3 aromatic rings. The van der Waals surface area contributed by atoms with E-state index in [-0.39, 0.29) is 11.7 Å². The van der Waals surface area contributed by atoms with Crippen LogP contribution in [0.5, 0.6) is 5.75 Å². The van der Waals surface area contributed by atoms with E-state index in [9.17, 15) is 4.79 Å². The van der Waals surface area contributed by atoms with Crippen molar-refractivity contribution < 1.29 is 9.53 Å². The molecule has 0 saturated carbocycles. The Bertz CT molecular complexity index is 954. The van der Waals surface area contributed by atoms with Crippen molar-refractivity contribution in [3.8, 4) is 17.0 Å². The molecule has 7 heteroatoms. The van der Waals surface area contributed by atoms with Gasteiger partial charge in [0.25, 0.3) is 0 Å². The molecule has 1 amide bonds. The van der Waals surface area contributed by atoms with E-state index < -0.39 is 0 Å². The Morgan fingerprint density at radius 2 is 2.00 bits per heavy atom. The number of benzene rings is 2. The van der Waals surface area contributed by atoms with E-state index in [4.69, 9.17) is 16.3 Å². The second-order valence-electron chi connectivity index (χ2n) is 6.01. The molecular formula is C20H20ClN3O2S. The lowest BCUT2D eigenvalue weighted by molar-refractivity contribution is -0.113. The van der Waals surface area contributed by atoms with Gasteiger partial charge in [-0.1, -0.05) is 29.4 Å². The summed E-state index contributed by atoms with van der Waals surface area (Å²) in [6.45, 7) is 1.92. The summed E-state index contributed by atoms with van der Waals surface area (Å²) in [5.74, 6) is 0.968. The van der Waals surface area contributed by atoms with Crippen LogP contribution >= 0.6 is 23.4 Å². The van der Waals surface area contributed by atoms with Crippen LogP contribution in [-0.4, -0.2) is 28.3 Å². The Morgan fingerprint density at radius 1 is 1.26 bits per heavy atom. The Kier molecular flexibility index (Phi) is 6.08. The number of imidazole rings is 1. The summed E-state index contributed by atoms with van der Waals surface area (Å²) in [6.07, 6.45) is 1.81. The molecule has 3 rings (SSSR count). The Balaban J connectivity index is 1.63. The summed E-state index contributed by atoms with van der Waals surface area (Å²) in [5.41, 5.74) is 3.68. The summed E-state index contributed by atoms with van der Waals surface area (Å²) in [4.78, 5) is 16.6. The van der Waals surface area contributed by atoms with Crippen LogP contribution in [-0.2, 0) is 11.8 Å². The summed E-state index contributed by atoms with van der Waals surface area (Å²) in [5, 5.41) is 4.26. The minimum atomic E-state index is -0.103. The monoisotopic (exact) mass is 401 g/mol. The van der Waals surface area contributed by atoms with Crippen molar-refractivity contribution in [2.75, 3.05) is 18.2 Å². The zero-order chi connectivity index (χ0) is 19.4. The SMILES string of the molecule is COc1ccc(-c2cnc(SCC(=O)Nc3ccc(C)c(Cl)c3)n2C)cc1. The first-order valence-corrected chi connectivity index (χ1v) is 9.69. The number of carbonyl (C=O) groups is 1. The largest absolute Gasteiger partial charge is 0.497 e. The minimum Gasteiger partial charge on any atom is -0.497 e. The number of hydrogen-bond donors (Lipinski definition) is 1. The lowest BCUT2D eigenvalue weighted by Gasteiger charge is -2.08. The van der Waals surface area contributed by atoms with Crippen molar-refractivity contribution in [2.24, 2.45) is 7.05 Å². The van der Waals surface area contributed by atoms with Crippen LogP contribution in [0.4, 0.5) is 5.69 Å². The van der Waals surface area contributed by atoms with Gasteiger partial charge in [-0.3, -0.25) is 4.79 Å². The molecule has 5 nitrogen and oxygen atoms in total. The molecule has 0 fully saturated rings. The molecule has 0 unspecified atom stereocenters. The molecule has 2 aromatic carbocycles. The molecule has 1 N–H and O–H groups in total. The summed E-state index contributed by atoms with van der Waals surface area (Å²) >= 11 is 7.48. The molecule has 0 aliphatic carbocycles. The number of aromatic nitrogens is 2. The number of nitrogens with zero attached hydrogens (tertiary/aromatic N) is 2. The highest BCUT2D eigenvalue weighted by Crippen LogP contribution is 2.26. The Hall–Kier alpha value is -2.44. The van der Waals surface area contributed by atoms with Gasteiger partial charge in [0.2, 0.25) is 5.91 Å². The molecule has 0 saturated heterocycles. The highest BCUT2D eigenvalue weighted by molar-refractivity contribution is 7.99. The first kappa shape index (κ1) is 19.3. The van der Waals surface area contributed by atoms with Crippen LogP contribution in [0.15, 0.2) is 53.8 Å². The van der Waals surface area contributed by atoms with E-state index >= 15 is 0 Å². The first-order chi connectivity index (χ1) is 13.0. The fourth-order valence-electron chi connectivity index (χ4n) is 2.55. The van der Waals surface area contributed by atoms with Crippen molar-refractivity contribution in [3.63, 3.8) is 0 Å². The maximum atomic E-state index is 12.2. The molecule has 0 radical (unpaired) electrons. The highest BCUT2D eigenvalue weighted by Gasteiger charge is 2.12. The first-order valence-electron chi connectivity index (χ1n) is 8.33. The predicted molar refractivity (Wildman–Crippen MR) is 111 cm³/mol. The quantitative estimate of drug-likeness (QED) is 0.603. The molecule has 27 heavy (non-hydrogen) atoms. The second-order valence-corrected chi connectivity index (χ2v) is 7.36. The van der Waals surface area contributed by atoms with Gasteiger partial charge >= 0.3 is 0 Å². The number of ether oxygens (including phenoxy) is 1. The molecule has 0 spiro atoms. The van der Waals surface area contributed by atoms with Crippen LogP contribution in [0.1, 0.15) is 5.56 Å². The van der Waals surface area contributed by atoms with Gasteiger partial charge in [-0.05, 0) is 48.9 Å². The minimum absolute atomic E-state index is 0.103. The van der Waals surface area contributed by atoms with Gasteiger partial charge in [-0.25, -0.2) is 4.98 Å². The van der Waals surface area contributed by atoms with E-state index in [1.165, 1.54) is 11.8 Å². The third-order valence-corrected chi connectivity index (χ3v) is 5.57. The van der Waals surface area contributed by atoms with Crippen LogP contribution in [0.2, 0.25) is 5.02 Å². The standard InChI is InChI=1S/C20H20ClN3O2S/c1-13-4-7-15(10-17(13)21)23-19(25)12-27-20-22-11-18(24(20)2)14-5-8-16(26-3)9-6-14/h4-11H,12H2,1-3H3,(H,23,25). The summed E-state index contributed by atoms with van der Waals surface area (Å²) < 4.78 is 7.16. The zero-order valence-electron chi connectivity index (χ0n) is 15.3. The molecular weight excluding hydrogens is 382 g/mol.